The monoisotopic (exact) mass is 569 g/mol. The molecule has 5 rings (SSSR count). The van der Waals surface area contributed by atoms with Crippen LogP contribution in [0.2, 0.25) is 0 Å². The van der Waals surface area contributed by atoms with Gasteiger partial charge in [-0.05, 0) is 74.1 Å². The molecule has 1 amide bonds. The maximum Gasteiger partial charge on any atom is 0.229 e. The summed E-state index contributed by atoms with van der Waals surface area (Å²) in [4.78, 5) is 19.4. The number of benzene rings is 2. The summed E-state index contributed by atoms with van der Waals surface area (Å²) in [5.74, 6) is 0.630. The van der Waals surface area contributed by atoms with E-state index >= 15 is 0 Å². The number of pyridine rings is 1. The molecule has 2 aromatic carbocycles. The van der Waals surface area contributed by atoms with Crippen molar-refractivity contribution < 1.29 is 14.6 Å². The van der Waals surface area contributed by atoms with Crippen LogP contribution in [0.3, 0.4) is 0 Å². The number of phenolic OH excluding ortho intramolecular Hbond substituents is 1. The molecule has 3 N–H and O–H groups in total. The molecule has 0 spiro atoms. The lowest BCUT2D eigenvalue weighted by molar-refractivity contribution is -0.123. The minimum Gasteiger partial charge on any atom is -0.506 e. The van der Waals surface area contributed by atoms with Gasteiger partial charge in [-0.3, -0.25) is 9.78 Å². The van der Waals surface area contributed by atoms with Gasteiger partial charge in [0.1, 0.15) is 11.5 Å². The van der Waals surface area contributed by atoms with E-state index < -0.39 is 5.41 Å². The standard InChI is InChI=1S/C32H35N5O3S/c1-19-17-22(20(2)36(19)25-12-7-8-13-26(25)38)29-28(24-11-9-10-16-33-24)35-31(41)37(29)21-14-15-23(27(18-21)40-6)34-30(39)32(3,4)5/h7-18,28-29,38H,1-6H3,(H,34,39)(H,35,41)/t28-,29-/m0/s1. The van der Waals surface area contributed by atoms with E-state index in [9.17, 15) is 9.90 Å². The summed E-state index contributed by atoms with van der Waals surface area (Å²) >= 11 is 5.93. The Bertz CT molecular complexity index is 1610. The number of aromatic hydroxyl groups is 1. The highest BCUT2D eigenvalue weighted by atomic mass is 32.1. The molecule has 0 aliphatic carbocycles. The number of methoxy groups -OCH3 is 1. The van der Waals surface area contributed by atoms with Crippen LogP contribution in [0.25, 0.3) is 5.69 Å². The molecule has 3 heterocycles. The summed E-state index contributed by atoms with van der Waals surface area (Å²) in [5.41, 5.74) is 5.41. The van der Waals surface area contributed by atoms with Gasteiger partial charge >= 0.3 is 0 Å². The minimum absolute atomic E-state index is 0.105. The molecule has 0 radical (unpaired) electrons. The van der Waals surface area contributed by atoms with Crippen LogP contribution in [0, 0.1) is 19.3 Å². The van der Waals surface area contributed by atoms with Gasteiger partial charge in [-0.2, -0.15) is 0 Å². The van der Waals surface area contributed by atoms with E-state index in [0.717, 1.165) is 28.3 Å². The summed E-state index contributed by atoms with van der Waals surface area (Å²) in [6, 6.07) is 20.5. The zero-order valence-corrected chi connectivity index (χ0v) is 24.9. The van der Waals surface area contributed by atoms with Crippen molar-refractivity contribution in [1.29, 1.82) is 0 Å². The SMILES string of the molecule is COc1cc(N2C(=S)N[C@@H](c3ccccn3)[C@@H]2c2cc(C)n(-c3ccccc3O)c2C)ccc1NC(=O)C(C)(C)C. The van der Waals surface area contributed by atoms with Crippen molar-refractivity contribution >= 4 is 34.6 Å². The molecule has 1 saturated heterocycles. The van der Waals surface area contributed by atoms with Crippen LogP contribution < -0.4 is 20.3 Å². The van der Waals surface area contributed by atoms with Crippen molar-refractivity contribution in [2.45, 2.75) is 46.7 Å². The van der Waals surface area contributed by atoms with E-state index in [4.69, 9.17) is 17.0 Å². The first kappa shape index (κ1) is 28.2. The third-order valence-electron chi connectivity index (χ3n) is 7.40. The number of aromatic nitrogens is 2. The lowest BCUT2D eigenvalue weighted by Crippen LogP contribution is -2.30. The van der Waals surface area contributed by atoms with Crippen LogP contribution in [0.5, 0.6) is 11.5 Å². The van der Waals surface area contributed by atoms with E-state index in [1.165, 1.54) is 0 Å². The summed E-state index contributed by atoms with van der Waals surface area (Å²) < 4.78 is 7.78. The summed E-state index contributed by atoms with van der Waals surface area (Å²) in [5, 5.41) is 17.7. The van der Waals surface area contributed by atoms with Crippen LogP contribution in [0.1, 0.15) is 55.5 Å². The van der Waals surface area contributed by atoms with Crippen molar-refractivity contribution in [3.63, 3.8) is 0 Å². The van der Waals surface area contributed by atoms with Crippen molar-refractivity contribution in [3.8, 4) is 17.2 Å². The van der Waals surface area contributed by atoms with Gasteiger partial charge < -0.3 is 29.9 Å². The predicted octanol–water partition coefficient (Wildman–Crippen LogP) is 6.37. The number of nitrogens with one attached hydrogen (secondary N) is 2. The number of rotatable bonds is 6. The minimum atomic E-state index is -0.555. The number of carbonyl (C=O) groups excluding carboxylic acids is 1. The van der Waals surface area contributed by atoms with Crippen molar-refractivity contribution in [2.75, 3.05) is 17.3 Å². The van der Waals surface area contributed by atoms with Crippen LogP contribution in [-0.2, 0) is 4.79 Å². The fourth-order valence-corrected chi connectivity index (χ4v) is 5.65. The molecule has 0 saturated carbocycles. The maximum absolute atomic E-state index is 12.7. The van der Waals surface area contributed by atoms with Crippen LogP contribution in [-0.4, -0.2) is 32.8 Å². The number of amides is 1. The third-order valence-corrected chi connectivity index (χ3v) is 7.72. The van der Waals surface area contributed by atoms with Crippen molar-refractivity contribution in [2.24, 2.45) is 5.41 Å². The second-order valence-corrected chi connectivity index (χ2v) is 11.6. The fourth-order valence-electron chi connectivity index (χ4n) is 5.30. The molecule has 2 aromatic heterocycles. The molecule has 1 aliphatic rings. The highest BCUT2D eigenvalue weighted by molar-refractivity contribution is 7.80. The quantitative estimate of drug-likeness (QED) is 0.233. The zero-order chi connectivity index (χ0) is 29.5. The fraction of sp³-hybridized carbons (Fsp3) is 0.281. The number of phenols is 1. The highest BCUT2D eigenvalue weighted by Crippen LogP contribution is 2.45. The van der Waals surface area contributed by atoms with Gasteiger partial charge in [0, 0.05) is 34.8 Å². The molecule has 4 aromatic rings. The molecule has 1 aliphatic heterocycles. The molecular formula is C32H35N5O3S. The second kappa shape index (κ2) is 10.9. The first-order valence-corrected chi connectivity index (χ1v) is 13.9. The number of anilines is 2. The largest absolute Gasteiger partial charge is 0.506 e. The van der Waals surface area contributed by atoms with Gasteiger partial charge in [-0.25, -0.2) is 0 Å². The van der Waals surface area contributed by atoms with Crippen molar-refractivity contribution in [3.05, 3.63) is 95.6 Å². The number of aryl methyl sites for hydroxylation is 1. The van der Waals surface area contributed by atoms with Gasteiger partial charge in [-0.15, -0.1) is 0 Å². The summed E-state index contributed by atoms with van der Waals surface area (Å²) in [7, 11) is 1.58. The van der Waals surface area contributed by atoms with E-state index in [1.807, 2.05) is 82.3 Å². The summed E-state index contributed by atoms with van der Waals surface area (Å²) in [6.07, 6.45) is 1.78. The zero-order valence-electron chi connectivity index (χ0n) is 24.1. The first-order chi connectivity index (χ1) is 19.5. The first-order valence-electron chi connectivity index (χ1n) is 13.5. The van der Waals surface area contributed by atoms with Gasteiger partial charge in [-0.1, -0.05) is 39.0 Å². The van der Waals surface area contributed by atoms with Gasteiger partial charge in [0.05, 0.1) is 36.3 Å². The molecule has 1 fully saturated rings. The Morgan fingerprint density at radius 3 is 2.46 bits per heavy atom. The van der Waals surface area contributed by atoms with E-state index in [1.54, 1.807) is 19.4 Å². The Labute approximate surface area is 246 Å². The van der Waals surface area contributed by atoms with E-state index in [0.29, 0.717) is 22.2 Å². The third kappa shape index (κ3) is 5.25. The number of hydrogen-bond acceptors (Lipinski definition) is 5. The molecule has 9 heteroatoms. The Hall–Kier alpha value is -4.37. The predicted molar refractivity (Wildman–Crippen MR) is 166 cm³/mol. The molecule has 0 bridgehead atoms. The van der Waals surface area contributed by atoms with Gasteiger partial charge in [0.15, 0.2) is 5.11 Å². The second-order valence-electron chi connectivity index (χ2n) is 11.2. The number of ether oxygens (including phenoxy) is 1. The van der Waals surface area contributed by atoms with E-state index in [2.05, 4.69) is 38.1 Å². The topological polar surface area (TPSA) is 91.7 Å². The molecule has 2 atom stereocenters. The molecule has 0 unspecified atom stereocenters. The van der Waals surface area contributed by atoms with Gasteiger partial charge in [0.25, 0.3) is 0 Å². The molecule has 8 nitrogen and oxygen atoms in total. The number of hydrogen-bond donors (Lipinski definition) is 3. The lowest BCUT2D eigenvalue weighted by Gasteiger charge is -2.29. The Morgan fingerprint density at radius 1 is 1.07 bits per heavy atom. The molecule has 212 valence electrons. The van der Waals surface area contributed by atoms with Crippen LogP contribution >= 0.6 is 12.2 Å². The molecular weight excluding hydrogens is 534 g/mol. The Kier molecular flexibility index (Phi) is 7.48. The van der Waals surface area contributed by atoms with Crippen LogP contribution in [0.4, 0.5) is 11.4 Å². The highest BCUT2D eigenvalue weighted by Gasteiger charge is 2.42. The van der Waals surface area contributed by atoms with E-state index in [-0.39, 0.29) is 23.7 Å². The van der Waals surface area contributed by atoms with Crippen LogP contribution in [0.15, 0.2) is 72.9 Å². The van der Waals surface area contributed by atoms with Gasteiger partial charge in [0.2, 0.25) is 5.91 Å². The summed E-state index contributed by atoms with van der Waals surface area (Å²) in [6.45, 7) is 9.68. The van der Waals surface area contributed by atoms with Crippen molar-refractivity contribution in [1.82, 2.24) is 14.9 Å². The smallest absolute Gasteiger partial charge is 0.229 e. The number of thiocarbonyl (C=S) groups is 1. The lowest BCUT2D eigenvalue weighted by atomic mass is 9.95. The number of para-hydroxylation sites is 2. The normalized spacial score (nSPS) is 16.9. The average Bonchev–Trinajstić information content (AvgIpc) is 3.44. The molecule has 41 heavy (non-hydrogen) atoms. The number of nitrogens with zero attached hydrogens (tertiary/aromatic N) is 3. The number of carbonyl (C=O) groups is 1. The Morgan fingerprint density at radius 2 is 1.80 bits per heavy atom. The maximum atomic E-state index is 12.7. The Balaban J connectivity index is 1.64. The average molecular weight is 570 g/mol.